The average Bonchev–Trinajstić information content (AvgIpc) is 3.17. The second-order valence-corrected chi connectivity index (χ2v) is 5.62. The molecule has 0 bridgehead atoms. The van der Waals surface area contributed by atoms with E-state index in [1.54, 1.807) is 6.26 Å². The number of aromatic nitrogens is 2. The maximum absolute atomic E-state index is 5.98. The third-order valence-corrected chi connectivity index (χ3v) is 4.21. The van der Waals surface area contributed by atoms with Crippen LogP contribution < -0.4 is 5.73 Å². The van der Waals surface area contributed by atoms with E-state index in [4.69, 9.17) is 14.7 Å². The maximum Gasteiger partial charge on any atom is 0.241 e. The Morgan fingerprint density at radius 2 is 2.14 bits per heavy atom. The Labute approximate surface area is 124 Å². The van der Waals surface area contributed by atoms with E-state index < -0.39 is 0 Å². The molecule has 2 aromatic rings. The normalized spacial score (nSPS) is 22.8. The molecule has 2 heterocycles. The zero-order valence-electron chi connectivity index (χ0n) is 12.4. The molecule has 2 aromatic heterocycles. The minimum Gasteiger partial charge on any atom is -0.461 e. The lowest BCUT2D eigenvalue weighted by atomic mass is 9.91. The molecule has 3 rings (SSSR count). The Morgan fingerprint density at radius 1 is 1.33 bits per heavy atom. The molecule has 1 saturated carbocycles. The lowest BCUT2D eigenvalue weighted by Gasteiger charge is -2.34. The monoisotopic (exact) mass is 290 g/mol. The van der Waals surface area contributed by atoms with Crippen molar-refractivity contribution in [1.29, 1.82) is 0 Å². The van der Waals surface area contributed by atoms with Crippen LogP contribution in [0.5, 0.6) is 0 Å². The summed E-state index contributed by atoms with van der Waals surface area (Å²) < 4.78 is 10.6. The first-order valence-electron chi connectivity index (χ1n) is 7.62. The number of rotatable bonds is 5. The van der Waals surface area contributed by atoms with E-state index in [1.165, 1.54) is 0 Å². The van der Waals surface area contributed by atoms with Gasteiger partial charge in [0.1, 0.15) is 0 Å². The zero-order chi connectivity index (χ0) is 14.7. The van der Waals surface area contributed by atoms with Gasteiger partial charge in [-0.3, -0.25) is 4.90 Å². The Morgan fingerprint density at radius 3 is 2.81 bits per heavy atom. The summed E-state index contributed by atoms with van der Waals surface area (Å²) in [5, 5.41) is 3.98. The van der Waals surface area contributed by atoms with Crippen molar-refractivity contribution in [3.05, 3.63) is 24.3 Å². The summed E-state index contributed by atoms with van der Waals surface area (Å²) in [6, 6.07) is 4.58. The first kappa shape index (κ1) is 14.3. The van der Waals surface area contributed by atoms with Crippen LogP contribution in [0.15, 0.2) is 27.3 Å². The third-order valence-electron chi connectivity index (χ3n) is 4.21. The SMILES string of the molecule is CCN(Cc1nc(-c2ccco2)no1)C1CCC(N)CC1. The molecule has 1 aliphatic carbocycles. The zero-order valence-corrected chi connectivity index (χ0v) is 12.4. The predicted molar refractivity (Wildman–Crippen MR) is 78.3 cm³/mol. The van der Waals surface area contributed by atoms with E-state index in [-0.39, 0.29) is 0 Å². The van der Waals surface area contributed by atoms with Crippen molar-refractivity contribution in [3.8, 4) is 11.6 Å². The van der Waals surface area contributed by atoms with Gasteiger partial charge in [-0.1, -0.05) is 12.1 Å². The van der Waals surface area contributed by atoms with Crippen LogP contribution in [0.2, 0.25) is 0 Å². The van der Waals surface area contributed by atoms with Crippen LogP contribution in [0.3, 0.4) is 0 Å². The fourth-order valence-corrected chi connectivity index (χ4v) is 2.96. The van der Waals surface area contributed by atoms with Crippen molar-refractivity contribution in [2.45, 2.75) is 51.2 Å². The second kappa shape index (κ2) is 6.41. The Bertz CT molecular complexity index is 544. The molecule has 6 nitrogen and oxygen atoms in total. The Kier molecular flexibility index (Phi) is 4.36. The standard InChI is InChI=1S/C15H22N4O2/c1-2-19(12-7-5-11(16)6-8-12)10-14-17-15(18-21-14)13-4-3-9-20-13/h3-4,9,11-12H,2,5-8,10,16H2,1H3. The number of nitrogens with zero attached hydrogens (tertiary/aromatic N) is 3. The molecular weight excluding hydrogens is 268 g/mol. The molecule has 1 aliphatic rings. The van der Waals surface area contributed by atoms with E-state index in [2.05, 4.69) is 22.0 Å². The van der Waals surface area contributed by atoms with Gasteiger partial charge in [0.05, 0.1) is 12.8 Å². The van der Waals surface area contributed by atoms with Gasteiger partial charge < -0.3 is 14.7 Å². The van der Waals surface area contributed by atoms with Gasteiger partial charge in [0.25, 0.3) is 0 Å². The van der Waals surface area contributed by atoms with Gasteiger partial charge in [-0.05, 0) is 44.4 Å². The van der Waals surface area contributed by atoms with Crippen molar-refractivity contribution in [2.75, 3.05) is 6.54 Å². The van der Waals surface area contributed by atoms with E-state index in [0.29, 0.717) is 36.1 Å². The number of hydrogen-bond donors (Lipinski definition) is 1. The molecule has 0 aromatic carbocycles. The smallest absolute Gasteiger partial charge is 0.241 e. The van der Waals surface area contributed by atoms with Crippen molar-refractivity contribution in [1.82, 2.24) is 15.0 Å². The molecule has 1 fully saturated rings. The van der Waals surface area contributed by atoms with Gasteiger partial charge in [0, 0.05) is 12.1 Å². The number of hydrogen-bond acceptors (Lipinski definition) is 6. The highest BCUT2D eigenvalue weighted by molar-refractivity contribution is 5.44. The quantitative estimate of drug-likeness (QED) is 0.910. The summed E-state index contributed by atoms with van der Waals surface area (Å²) in [6.07, 6.45) is 6.10. The van der Waals surface area contributed by atoms with Crippen LogP contribution in [0.1, 0.15) is 38.5 Å². The van der Waals surface area contributed by atoms with Gasteiger partial charge in [-0.15, -0.1) is 0 Å². The first-order chi connectivity index (χ1) is 10.3. The number of nitrogens with two attached hydrogens (primary N) is 1. The van der Waals surface area contributed by atoms with Crippen LogP contribution in [-0.2, 0) is 6.54 Å². The molecule has 0 amide bonds. The third kappa shape index (κ3) is 3.33. The molecule has 0 atom stereocenters. The molecule has 0 aliphatic heterocycles. The van der Waals surface area contributed by atoms with Gasteiger partial charge in [0.2, 0.25) is 11.7 Å². The topological polar surface area (TPSA) is 81.3 Å². The summed E-state index contributed by atoms with van der Waals surface area (Å²) in [4.78, 5) is 6.81. The van der Waals surface area contributed by atoms with E-state index in [9.17, 15) is 0 Å². The fourth-order valence-electron chi connectivity index (χ4n) is 2.96. The molecule has 6 heteroatoms. The highest BCUT2D eigenvalue weighted by Crippen LogP contribution is 2.24. The molecule has 21 heavy (non-hydrogen) atoms. The predicted octanol–water partition coefficient (Wildman–Crippen LogP) is 2.42. The summed E-state index contributed by atoms with van der Waals surface area (Å²) in [5.74, 6) is 1.78. The summed E-state index contributed by atoms with van der Waals surface area (Å²) in [5.41, 5.74) is 5.98. The van der Waals surface area contributed by atoms with Gasteiger partial charge in [-0.2, -0.15) is 4.98 Å². The van der Waals surface area contributed by atoms with Crippen molar-refractivity contribution in [3.63, 3.8) is 0 Å². The first-order valence-corrected chi connectivity index (χ1v) is 7.62. The van der Waals surface area contributed by atoms with Crippen molar-refractivity contribution >= 4 is 0 Å². The molecular formula is C15H22N4O2. The molecule has 114 valence electrons. The summed E-state index contributed by atoms with van der Waals surface area (Å²) >= 11 is 0. The summed E-state index contributed by atoms with van der Waals surface area (Å²) in [7, 11) is 0. The maximum atomic E-state index is 5.98. The van der Waals surface area contributed by atoms with Crippen LogP contribution in [0.4, 0.5) is 0 Å². The molecule has 0 saturated heterocycles. The Hall–Kier alpha value is -1.66. The molecule has 0 unspecified atom stereocenters. The van der Waals surface area contributed by atoms with Crippen molar-refractivity contribution < 1.29 is 8.94 Å². The second-order valence-electron chi connectivity index (χ2n) is 5.62. The van der Waals surface area contributed by atoms with Crippen LogP contribution >= 0.6 is 0 Å². The van der Waals surface area contributed by atoms with Crippen LogP contribution in [-0.4, -0.2) is 33.7 Å². The minimum atomic E-state index is 0.369. The van der Waals surface area contributed by atoms with E-state index in [1.807, 2.05) is 12.1 Å². The Balaban J connectivity index is 1.64. The molecule has 0 radical (unpaired) electrons. The van der Waals surface area contributed by atoms with Crippen LogP contribution in [0, 0.1) is 0 Å². The highest BCUT2D eigenvalue weighted by Gasteiger charge is 2.25. The molecule has 0 spiro atoms. The highest BCUT2D eigenvalue weighted by atomic mass is 16.5. The summed E-state index contributed by atoms with van der Waals surface area (Å²) in [6.45, 7) is 3.82. The average molecular weight is 290 g/mol. The lowest BCUT2D eigenvalue weighted by Crippen LogP contribution is -2.40. The number of furan rings is 1. The largest absolute Gasteiger partial charge is 0.461 e. The van der Waals surface area contributed by atoms with Gasteiger partial charge in [-0.25, -0.2) is 0 Å². The molecule has 2 N–H and O–H groups in total. The minimum absolute atomic E-state index is 0.369. The van der Waals surface area contributed by atoms with Gasteiger partial charge in [0.15, 0.2) is 5.76 Å². The van der Waals surface area contributed by atoms with Crippen LogP contribution in [0.25, 0.3) is 11.6 Å². The van der Waals surface area contributed by atoms with E-state index in [0.717, 1.165) is 32.2 Å². The van der Waals surface area contributed by atoms with E-state index >= 15 is 0 Å². The lowest BCUT2D eigenvalue weighted by molar-refractivity contribution is 0.133. The van der Waals surface area contributed by atoms with Crippen molar-refractivity contribution in [2.24, 2.45) is 5.73 Å². The van der Waals surface area contributed by atoms with Gasteiger partial charge >= 0.3 is 0 Å². The fraction of sp³-hybridized carbons (Fsp3) is 0.600.